The van der Waals surface area contributed by atoms with Crippen LogP contribution in [-0.4, -0.2) is 32.1 Å². The summed E-state index contributed by atoms with van der Waals surface area (Å²) in [7, 11) is 0. The van der Waals surface area contributed by atoms with E-state index in [1.165, 1.54) is 18.7 Å². The molecule has 3 nitrogen and oxygen atoms in total. The Morgan fingerprint density at radius 2 is 2.27 bits per heavy atom. The lowest BCUT2D eigenvalue weighted by atomic mass is 10.2. The maximum atomic E-state index is 5.50. The molecule has 0 radical (unpaired) electrons. The van der Waals surface area contributed by atoms with E-state index in [1.807, 2.05) is 0 Å². The Hall–Kier alpha value is -0.570. The maximum Gasteiger partial charge on any atom is 0.0963 e. The summed E-state index contributed by atoms with van der Waals surface area (Å²) in [6, 6.07) is 0. The third-order valence-electron chi connectivity index (χ3n) is 2.37. The van der Waals surface area contributed by atoms with Crippen molar-refractivity contribution >= 4 is 5.84 Å². The normalized spacial score (nSPS) is 16.6. The first-order valence-electron chi connectivity index (χ1n) is 6.14. The van der Waals surface area contributed by atoms with Gasteiger partial charge in [0.2, 0.25) is 0 Å². The third-order valence-corrected chi connectivity index (χ3v) is 2.37. The van der Waals surface area contributed by atoms with Crippen LogP contribution in [0.2, 0.25) is 0 Å². The first-order chi connectivity index (χ1) is 7.29. The highest BCUT2D eigenvalue weighted by Gasteiger charge is 2.03. The molecular weight excluding hydrogens is 188 g/mol. The summed E-state index contributed by atoms with van der Waals surface area (Å²) in [6.07, 6.45) is 4.75. The minimum atomic E-state index is 0.640. The van der Waals surface area contributed by atoms with Gasteiger partial charge < -0.3 is 10.1 Å². The van der Waals surface area contributed by atoms with Gasteiger partial charge in [0.25, 0.3) is 0 Å². The van der Waals surface area contributed by atoms with Crippen molar-refractivity contribution in [3.63, 3.8) is 0 Å². The van der Waals surface area contributed by atoms with Crippen molar-refractivity contribution in [2.45, 2.75) is 39.5 Å². The van der Waals surface area contributed by atoms with Gasteiger partial charge in [-0.2, -0.15) is 0 Å². The molecule has 0 aliphatic carbocycles. The van der Waals surface area contributed by atoms with E-state index in [0.29, 0.717) is 5.92 Å². The predicted octanol–water partition coefficient (Wildman–Crippen LogP) is 2.22. The molecule has 0 fully saturated rings. The molecule has 1 heterocycles. The Morgan fingerprint density at radius 1 is 1.40 bits per heavy atom. The van der Waals surface area contributed by atoms with Gasteiger partial charge in [0.1, 0.15) is 0 Å². The topological polar surface area (TPSA) is 33.6 Å². The molecule has 1 rings (SSSR count). The lowest BCUT2D eigenvalue weighted by molar-refractivity contribution is 0.108. The smallest absolute Gasteiger partial charge is 0.0963 e. The highest BCUT2D eigenvalue weighted by atomic mass is 16.5. The monoisotopic (exact) mass is 212 g/mol. The zero-order valence-electron chi connectivity index (χ0n) is 10.1. The molecule has 1 N–H and O–H groups in total. The van der Waals surface area contributed by atoms with Crippen LogP contribution < -0.4 is 5.32 Å². The fraction of sp³-hybridized carbons (Fsp3) is 0.917. The largest absolute Gasteiger partial charge is 0.381 e. The zero-order valence-corrected chi connectivity index (χ0v) is 10.1. The van der Waals surface area contributed by atoms with E-state index in [1.54, 1.807) is 0 Å². The molecule has 0 aromatic heterocycles. The van der Waals surface area contributed by atoms with Gasteiger partial charge >= 0.3 is 0 Å². The highest BCUT2D eigenvalue weighted by molar-refractivity contribution is 5.82. The summed E-state index contributed by atoms with van der Waals surface area (Å²) in [6.45, 7) is 8.09. The van der Waals surface area contributed by atoms with Gasteiger partial charge in [-0.25, -0.2) is 0 Å². The molecule has 0 aromatic rings. The first kappa shape index (κ1) is 12.5. The summed E-state index contributed by atoms with van der Waals surface area (Å²) in [4.78, 5) is 4.44. The molecule has 0 bridgehead atoms. The number of ether oxygens (including phenoxy) is 1. The Balaban J connectivity index is 1.90. The summed E-state index contributed by atoms with van der Waals surface area (Å²) in [5.74, 6) is 1.84. The highest BCUT2D eigenvalue weighted by Crippen LogP contribution is 2.03. The summed E-state index contributed by atoms with van der Waals surface area (Å²) < 4.78 is 5.50. The van der Waals surface area contributed by atoms with Gasteiger partial charge in [-0.15, -0.1) is 0 Å². The van der Waals surface area contributed by atoms with Crippen molar-refractivity contribution in [3.05, 3.63) is 0 Å². The van der Waals surface area contributed by atoms with Crippen molar-refractivity contribution in [3.8, 4) is 0 Å². The van der Waals surface area contributed by atoms with Crippen molar-refractivity contribution < 1.29 is 4.74 Å². The molecule has 0 atom stereocenters. The fourth-order valence-electron chi connectivity index (χ4n) is 1.57. The minimum absolute atomic E-state index is 0.640. The average molecular weight is 212 g/mol. The van der Waals surface area contributed by atoms with Gasteiger partial charge in [-0.1, -0.05) is 13.8 Å². The van der Waals surface area contributed by atoms with Crippen LogP contribution in [0.25, 0.3) is 0 Å². The Kier molecular flexibility index (Phi) is 6.41. The molecular formula is C12H24N2O. The summed E-state index contributed by atoms with van der Waals surface area (Å²) >= 11 is 0. The van der Waals surface area contributed by atoms with Crippen LogP contribution in [0.1, 0.15) is 39.5 Å². The molecule has 0 amide bonds. The quantitative estimate of drug-likeness (QED) is 0.685. The Morgan fingerprint density at radius 3 is 2.93 bits per heavy atom. The molecule has 0 spiro atoms. The standard InChI is InChI=1S/C12H24N2O/c1-11(2)10-15-9-5-8-14-12-6-3-4-7-13-12/h11H,3-10H2,1-2H3,(H,13,14). The van der Waals surface area contributed by atoms with Gasteiger partial charge in [-0.05, 0) is 25.2 Å². The number of amidine groups is 1. The number of hydrogen-bond donors (Lipinski definition) is 1. The molecule has 1 aliphatic rings. The second-order valence-corrected chi connectivity index (χ2v) is 4.53. The molecule has 15 heavy (non-hydrogen) atoms. The van der Waals surface area contributed by atoms with Crippen LogP contribution in [0.4, 0.5) is 0 Å². The van der Waals surface area contributed by atoms with E-state index < -0.39 is 0 Å². The van der Waals surface area contributed by atoms with Crippen LogP contribution in [0.3, 0.4) is 0 Å². The van der Waals surface area contributed by atoms with E-state index in [4.69, 9.17) is 4.74 Å². The van der Waals surface area contributed by atoms with Gasteiger partial charge in [0, 0.05) is 32.7 Å². The van der Waals surface area contributed by atoms with Crippen molar-refractivity contribution in [1.82, 2.24) is 5.32 Å². The van der Waals surface area contributed by atoms with E-state index >= 15 is 0 Å². The van der Waals surface area contributed by atoms with Crippen LogP contribution in [-0.2, 0) is 4.74 Å². The summed E-state index contributed by atoms with van der Waals surface area (Å²) in [5, 5.41) is 3.38. The van der Waals surface area contributed by atoms with Crippen LogP contribution in [0, 0.1) is 5.92 Å². The van der Waals surface area contributed by atoms with E-state index in [2.05, 4.69) is 24.2 Å². The lowest BCUT2D eigenvalue weighted by Gasteiger charge is -2.14. The first-order valence-corrected chi connectivity index (χ1v) is 6.14. The van der Waals surface area contributed by atoms with Gasteiger partial charge in [0.05, 0.1) is 5.84 Å². The molecule has 3 heteroatoms. The molecule has 0 aromatic carbocycles. The predicted molar refractivity (Wildman–Crippen MR) is 64.4 cm³/mol. The van der Waals surface area contributed by atoms with E-state index in [0.717, 1.165) is 39.1 Å². The van der Waals surface area contributed by atoms with Crippen LogP contribution in [0.15, 0.2) is 4.99 Å². The fourth-order valence-corrected chi connectivity index (χ4v) is 1.57. The minimum Gasteiger partial charge on any atom is -0.381 e. The Labute approximate surface area is 93.3 Å². The van der Waals surface area contributed by atoms with Crippen LogP contribution in [0.5, 0.6) is 0 Å². The Bertz CT molecular complexity index is 190. The molecule has 0 saturated heterocycles. The van der Waals surface area contributed by atoms with Gasteiger partial charge in [-0.3, -0.25) is 4.99 Å². The van der Waals surface area contributed by atoms with E-state index in [-0.39, 0.29) is 0 Å². The molecule has 0 saturated carbocycles. The summed E-state index contributed by atoms with van der Waals surface area (Å²) in [5.41, 5.74) is 0. The number of nitrogens with one attached hydrogen (secondary N) is 1. The molecule has 0 unspecified atom stereocenters. The van der Waals surface area contributed by atoms with Crippen molar-refractivity contribution in [2.24, 2.45) is 10.9 Å². The van der Waals surface area contributed by atoms with Gasteiger partial charge in [0.15, 0.2) is 0 Å². The number of nitrogens with zero attached hydrogens (tertiary/aromatic N) is 1. The second kappa shape index (κ2) is 7.69. The molecule has 88 valence electrons. The average Bonchev–Trinajstić information content (AvgIpc) is 2.24. The third kappa shape index (κ3) is 6.50. The second-order valence-electron chi connectivity index (χ2n) is 4.53. The van der Waals surface area contributed by atoms with Crippen LogP contribution >= 0.6 is 0 Å². The SMILES string of the molecule is CC(C)COCCCNC1=NCCCC1. The number of aliphatic imine (C=N–C) groups is 1. The van der Waals surface area contributed by atoms with Crippen molar-refractivity contribution in [2.75, 3.05) is 26.3 Å². The van der Waals surface area contributed by atoms with E-state index in [9.17, 15) is 0 Å². The van der Waals surface area contributed by atoms with Crippen molar-refractivity contribution in [1.29, 1.82) is 0 Å². The molecule has 1 aliphatic heterocycles. The number of hydrogen-bond acceptors (Lipinski definition) is 3. The lowest BCUT2D eigenvalue weighted by Crippen LogP contribution is -2.27. The number of rotatable bonds is 6. The maximum absolute atomic E-state index is 5.50. The zero-order chi connectivity index (χ0) is 10.9.